The Hall–Kier alpha value is -1.35. The molecule has 1 unspecified atom stereocenters. The van der Waals surface area contributed by atoms with E-state index in [4.69, 9.17) is 4.74 Å². The van der Waals surface area contributed by atoms with Gasteiger partial charge < -0.3 is 9.84 Å². The molecule has 0 bridgehead atoms. The van der Waals surface area contributed by atoms with E-state index in [1.54, 1.807) is 19.4 Å². The summed E-state index contributed by atoms with van der Waals surface area (Å²) in [6, 6.07) is 3.61. The standard InChI is InChI=1S/C12H17NO2/c1-4-9(2)8-11(14)10-6-5-7-13-12(10)15-3/h5-7,11,14H,2,4,8H2,1,3H3. The summed E-state index contributed by atoms with van der Waals surface area (Å²) in [7, 11) is 1.55. The molecule has 0 aliphatic carbocycles. The van der Waals surface area contributed by atoms with Crippen molar-refractivity contribution in [3.8, 4) is 5.88 Å². The number of rotatable bonds is 5. The van der Waals surface area contributed by atoms with Crippen molar-refractivity contribution in [3.63, 3.8) is 0 Å². The smallest absolute Gasteiger partial charge is 0.218 e. The van der Waals surface area contributed by atoms with Gasteiger partial charge >= 0.3 is 0 Å². The van der Waals surface area contributed by atoms with Crippen molar-refractivity contribution < 1.29 is 9.84 Å². The largest absolute Gasteiger partial charge is 0.481 e. The van der Waals surface area contributed by atoms with Gasteiger partial charge in [-0.15, -0.1) is 0 Å². The second kappa shape index (κ2) is 5.51. The molecule has 0 saturated heterocycles. The summed E-state index contributed by atoms with van der Waals surface area (Å²) < 4.78 is 5.08. The number of aliphatic hydroxyl groups excluding tert-OH is 1. The van der Waals surface area contributed by atoms with Crippen molar-refractivity contribution >= 4 is 0 Å². The predicted molar refractivity (Wildman–Crippen MR) is 59.8 cm³/mol. The number of aromatic nitrogens is 1. The van der Waals surface area contributed by atoms with Gasteiger partial charge in [-0.05, 0) is 25.0 Å². The Kier molecular flexibility index (Phi) is 4.31. The molecule has 0 aromatic carbocycles. The van der Waals surface area contributed by atoms with Gasteiger partial charge in [-0.1, -0.05) is 19.1 Å². The maximum absolute atomic E-state index is 9.95. The van der Waals surface area contributed by atoms with Crippen LogP contribution in [0.25, 0.3) is 0 Å². The van der Waals surface area contributed by atoms with Gasteiger partial charge in [-0.2, -0.15) is 0 Å². The maximum Gasteiger partial charge on any atom is 0.218 e. The van der Waals surface area contributed by atoms with Crippen LogP contribution in [0.15, 0.2) is 30.5 Å². The monoisotopic (exact) mass is 207 g/mol. The van der Waals surface area contributed by atoms with Gasteiger partial charge in [-0.25, -0.2) is 4.98 Å². The fraction of sp³-hybridized carbons (Fsp3) is 0.417. The van der Waals surface area contributed by atoms with E-state index >= 15 is 0 Å². The van der Waals surface area contributed by atoms with Gasteiger partial charge in [0, 0.05) is 11.8 Å². The Morgan fingerprint density at radius 2 is 2.40 bits per heavy atom. The molecule has 1 rings (SSSR count). The molecule has 0 saturated carbocycles. The van der Waals surface area contributed by atoms with E-state index in [1.165, 1.54) is 0 Å². The third-order valence-electron chi connectivity index (χ3n) is 2.33. The van der Waals surface area contributed by atoms with Crippen LogP contribution in [-0.4, -0.2) is 17.2 Å². The number of hydrogen-bond acceptors (Lipinski definition) is 3. The topological polar surface area (TPSA) is 42.4 Å². The van der Waals surface area contributed by atoms with E-state index in [9.17, 15) is 5.11 Å². The molecule has 0 spiro atoms. The molecular formula is C12H17NO2. The molecule has 1 aromatic heterocycles. The molecule has 15 heavy (non-hydrogen) atoms. The molecule has 82 valence electrons. The van der Waals surface area contributed by atoms with Gasteiger partial charge in [0.2, 0.25) is 5.88 Å². The van der Waals surface area contributed by atoms with Gasteiger partial charge in [0.25, 0.3) is 0 Å². The molecule has 0 radical (unpaired) electrons. The zero-order valence-corrected chi connectivity index (χ0v) is 9.23. The molecule has 0 aliphatic heterocycles. The lowest BCUT2D eigenvalue weighted by molar-refractivity contribution is 0.172. The molecule has 1 atom stereocenters. The van der Waals surface area contributed by atoms with Crippen molar-refractivity contribution in [2.45, 2.75) is 25.9 Å². The normalized spacial score (nSPS) is 12.2. The predicted octanol–water partition coefficient (Wildman–Crippen LogP) is 2.48. The molecular weight excluding hydrogens is 190 g/mol. The zero-order chi connectivity index (χ0) is 11.3. The second-order valence-electron chi connectivity index (χ2n) is 3.43. The van der Waals surface area contributed by atoms with Crippen LogP contribution < -0.4 is 4.74 Å². The summed E-state index contributed by atoms with van der Waals surface area (Å²) in [6.07, 6.45) is 2.49. The minimum atomic E-state index is -0.582. The van der Waals surface area contributed by atoms with Crippen molar-refractivity contribution in [1.82, 2.24) is 4.98 Å². The molecule has 1 N–H and O–H groups in total. The lowest BCUT2D eigenvalue weighted by Crippen LogP contribution is -2.02. The first-order valence-electron chi connectivity index (χ1n) is 5.02. The Labute approximate surface area is 90.4 Å². The van der Waals surface area contributed by atoms with Gasteiger partial charge in [0.15, 0.2) is 0 Å². The van der Waals surface area contributed by atoms with E-state index in [0.29, 0.717) is 12.3 Å². The zero-order valence-electron chi connectivity index (χ0n) is 9.23. The average molecular weight is 207 g/mol. The highest BCUT2D eigenvalue weighted by Crippen LogP contribution is 2.27. The van der Waals surface area contributed by atoms with Crippen LogP contribution in [0.5, 0.6) is 5.88 Å². The third-order valence-corrected chi connectivity index (χ3v) is 2.33. The summed E-state index contributed by atoms with van der Waals surface area (Å²) in [5.74, 6) is 0.480. The maximum atomic E-state index is 9.95. The minimum Gasteiger partial charge on any atom is -0.481 e. The number of ether oxygens (including phenoxy) is 1. The number of hydrogen-bond donors (Lipinski definition) is 1. The first-order chi connectivity index (χ1) is 7.19. The minimum absolute atomic E-state index is 0.480. The lowest BCUT2D eigenvalue weighted by atomic mass is 10.0. The number of aliphatic hydroxyl groups is 1. The molecule has 1 heterocycles. The van der Waals surface area contributed by atoms with E-state index < -0.39 is 6.10 Å². The first kappa shape index (κ1) is 11.7. The summed E-state index contributed by atoms with van der Waals surface area (Å²) >= 11 is 0. The van der Waals surface area contributed by atoms with E-state index in [1.807, 2.05) is 13.0 Å². The fourth-order valence-corrected chi connectivity index (χ4v) is 1.36. The quantitative estimate of drug-likeness (QED) is 0.754. The van der Waals surface area contributed by atoms with Crippen molar-refractivity contribution in [2.75, 3.05) is 7.11 Å². The highest BCUT2D eigenvalue weighted by Gasteiger charge is 2.14. The van der Waals surface area contributed by atoms with Crippen LogP contribution in [0.4, 0.5) is 0 Å². The van der Waals surface area contributed by atoms with Crippen LogP contribution >= 0.6 is 0 Å². The third kappa shape index (κ3) is 3.06. The van der Waals surface area contributed by atoms with Crippen LogP contribution in [-0.2, 0) is 0 Å². The Bertz CT molecular complexity index is 336. The van der Waals surface area contributed by atoms with Crippen LogP contribution in [0.2, 0.25) is 0 Å². The first-order valence-corrected chi connectivity index (χ1v) is 5.02. The summed E-state index contributed by atoms with van der Waals surface area (Å²) in [5, 5.41) is 9.95. The Morgan fingerprint density at radius 1 is 1.67 bits per heavy atom. The van der Waals surface area contributed by atoms with Crippen molar-refractivity contribution in [2.24, 2.45) is 0 Å². The average Bonchev–Trinajstić information content (AvgIpc) is 2.28. The molecule has 1 aromatic rings. The number of nitrogens with zero attached hydrogens (tertiary/aromatic N) is 1. The second-order valence-corrected chi connectivity index (χ2v) is 3.43. The highest BCUT2D eigenvalue weighted by molar-refractivity contribution is 5.28. The SMILES string of the molecule is C=C(CC)CC(O)c1cccnc1OC. The van der Waals surface area contributed by atoms with Gasteiger partial charge in [-0.3, -0.25) is 0 Å². The lowest BCUT2D eigenvalue weighted by Gasteiger charge is -2.14. The van der Waals surface area contributed by atoms with E-state index in [-0.39, 0.29) is 0 Å². The van der Waals surface area contributed by atoms with Crippen molar-refractivity contribution in [3.05, 3.63) is 36.0 Å². The summed E-state index contributed by atoms with van der Waals surface area (Å²) in [6.45, 7) is 5.90. The van der Waals surface area contributed by atoms with Gasteiger partial charge in [0.1, 0.15) is 0 Å². The van der Waals surface area contributed by atoms with Gasteiger partial charge in [0.05, 0.1) is 13.2 Å². The Balaban J connectivity index is 2.80. The van der Waals surface area contributed by atoms with E-state index in [0.717, 1.165) is 17.6 Å². The van der Waals surface area contributed by atoms with Crippen LogP contribution in [0.1, 0.15) is 31.4 Å². The highest BCUT2D eigenvalue weighted by atomic mass is 16.5. The summed E-state index contributed by atoms with van der Waals surface area (Å²) in [5.41, 5.74) is 1.74. The molecule has 0 amide bonds. The van der Waals surface area contributed by atoms with E-state index in [2.05, 4.69) is 11.6 Å². The number of methoxy groups -OCH3 is 1. The summed E-state index contributed by atoms with van der Waals surface area (Å²) in [4.78, 5) is 4.04. The fourth-order valence-electron chi connectivity index (χ4n) is 1.36. The molecule has 3 heteroatoms. The van der Waals surface area contributed by atoms with Crippen molar-refractivity contribution in [1.29, 1.82) is 0 Å². The Morgan fingerprint density at radius 3 is 3.00 bits per heavy atom. The molecule has 0 aliphatic rings. The molecule has 3 nitrogen and oxygen atoms in total. The molecule has 0 fully saturated rings. The van der Waals surface area contributed by atoms with Crippen LogP contribution in [0, 0.1) is 0 Å². The van der Waals surface area contributed by atoms with Crippen LogP contribution in [0.3, 0.4) is 0 Å². The number of pyridine rings is 1.